The summed E-state index contributed by atoms with van der Waals surface area (Å²) >= 11 is 1.77. The van der Waals surface area contributed by atoms with E-state index in [1.54, 1.807) is 27.8 Å². The summed E-state index contributed by atoms with van der Waals surface area (Å²) in [7, 11) is -3.56. The van der Waals surface area contributed by atoms with Crippen LogP contribution in [0.2, 0.25) is 0 Å². The van der Waals surface area contributed by atoms with Gasteiger partial charge in [0.05, 0.1) is 4.90 Å². The van der Waals surface area contributed by atoms with Gasteiger partial charge in [-0.25, -0.2) is 8.42 Å². The van der Waals surface area contributed by atoms with Gasteiger partial charge >= 0.3 is 0 Å². The normalized spacial score (nSPS) is 19.2. The summed E-state index contributed by atoms with van der Waals surface area (Å²) in [4.78, 5) is 19.1. The smallest absolute Gasteiger partial charge is 0.243 e. The van der Waals surface area contributed by atoms with Crippen LogP contribution in [0.3, 0.4) is 0 Å². The quantitative estimate of drug-likeness (QED) is 0.556. The lowest BCUT2D eigenvalue weighted by molar-refractivity contribution is -0.138. The minimum absolute atomic E-state index is 0.0862. The molecule has 0 unspecified atom stereocenters. The van der Waals surface area contributed by atoms with Crippen molar-refractivity contribution in [2.45, 2.75) is 24.3 Å². The number of benzene rings is 2. The van der Waals surface area contributed by atoms with Gasteiger partial charge in [-0.05, 0) is 47.2 Å². The molecule has 0 bridgehead atoms. The molecule has 2 aliphatic heterocycles. The molecule has 3 aromatic rings. The first-order valence-corrected chi connectivity index (χ1v) is 13.9. The predicted octanol–water partition coefficient (Wildman–Crippen LogP) is 3.65. The average molecular weight is 484 g/mol. The van der Waals surface area contributed by atoms with Crippen molar-refractivity contribution in [3.05, 3.63) is 64.9 Å². The number of carbonyl (C=O) groups is 1. The zero-order valence-electron chi connectivity index (χ0n) is 18.6. The maximum Gasteiger partial charge on any atom is 0.243 e. The van der Waals surface area contributed by atoms with Crippen LogP contribution in [0.1, 0.15) is 17.7 Å². The van der Waals surface area contributed by atoms with E-state index in [9.17, 15) is 13.2 Å². The van der Waals surface area contributed by atoms with E-state index in [4.69, 9.17) is 0 Å². The summed E-state index contributed by atoms with van der Waals surface area (Å²) in [5.74, 6) is 0.102. The molecule has 6 nitrogen and oxygen atoms in total. The molecule has 0 radical (unpaired) electrons. The Morgan fingerprint density at radius 3 is 2.30 bits per heavy atom. The van der Waals surface area contributed by atoms with Crippen molar-refractivity contribution in [1.29, 1.82) is 0 Å². The second kappa shape index (κ2) is 9.54. The molecule has 0 saturated carbocycles. The van der Waals surface area contributed by atoms with Crippen LogP contribution in [0.4, 0.5) is 0 Å². The number of piperazine rings is 1. The fourth-order valence-corrected chi connectivity index (χ4v) is 7.08. The van der Waals surface area contributed by atoms with Gasteiger partial charge in [-0.15, -0.1) is 11.3 Å². The second-order valence-electron chi connectivity index (χ2n) is 8.87. The molecule has 33 heavy (non-hydrogen) atoms. The Morgan fingerprint density at radius 1 is 0.879 bits per heavy atom. The van der Waals surface area contributed by atoms with Crippen LogP contribution >= 0.6 is 11.3 Å². The third-order valence-electron chi connectivity index (χ3n) is 6.81. The highest BCUT2D eigenvalue weighted by Gasteiger charge is 2.34. The van der Waals surface area contributed by atoms with E-state index >= 15 is 0 Å². The van der Waals surface area contributed by atoms with Gasteiger partial charge in [0, 0.05) is 56.6 Å². The van der Waals surface area contributed by atoms with Gasteiger partial charge in [-0.1, -0.05) is 36.4 Å². The van der Waals surface area contributed by atoms with Crippen LogP contribution in [0.25, 0.3) is 10.8 Å². The number of nitrogens with zero attached hydrogens (tertiary/aromatic N) is 3. The van der Waals surface area contributed by atoms with Crippen molar-refractivity contribution >= 4 is 38.0 Å². The van der Waals surface area contributed by atoms with E-state index < -0.39 is 10.0 Å². The van der Waals surface area contributed by atoms with Gasteiger partial charge in [0.25, 0.3) is 0 Å². The Labute approximate surface area is 199 Å². The standard InChI is InChI=1S/C25H29N3O3S2/c29-25(27-15-13-26(14-16-27)19-23-6-3-17-32-23)21-9-11-28(12-10-21)33(30,31)24-8-7-20-4-1-2-5-22(20)18-24/h1-8,17-18,21H,9-16,19H2. The lowest BCUT2D eigenvalue weighted by Crippen LogP contribution is -2.51. The van der Waals surface area contributed by atoms with E-state index in [-0.39, 0.29) is 11.8 Å². The first-order valence-electron chi connectivity index (χ1n) is 11.5. The third kappa shape index (κ3) is 4.84. The molecule has 0 N–H and O–H groups in total. The highest BCUT2D eigenvalue weighted by atomic mass is 32.2. The second-order valence-corrected chi connectivity index (χ2v) is 11.8. The first kappa shape index (κ1) is 22.5. The topological polar surface area (TPSA) is 60.9 Å². The van der Waals surface area contributed by atoms with E-state index in [1.165, 1.54) is 4.88 Å². The summed E-state index contributed by atoms with van der Waals surface area (Å²) in [6, 6.07) is 17.3. The summed E-state index contributed by atoms with van der Waals surface area (Å²) in [6.45, 7) is 5.01. The zero-order chi connectivity index (χ0) is 22.8. The molecule has 5 rings (SSSR count). The van der Waals surface area contributed by atoms with Crippen molar-refractivity contribution in [3.8, 4) is 0 Å². The van der Waals surface area contributed by atoms with Gasteiger partial charge in [-0.3, -0.25) is 9.69 Å². The molecule has 3 heterocycles. The van der Waals surface area contributed by atoms with Gasteiger partial charge in [0.15, 0.2) is 0 Å². The van der Waals surface area contributed by atoms with E-state index in [0.717, 1.165) is 43.5 Å². The number of piperidine rings is 1. The highest BCUT2D eigenvalue weighted by molar-refractivity contribution is 7.89. The Morgan fingerprint density at radius 2 is 1.61 bits per heavy atom. The molecule has 2 aromatic carbocycles. The molecule has 1 amide bonds. The van der Waals surface area contributed by atoms with Crippen LogP contribution in [-0.4, -0.2) is 67.7 Å². The lowest BCUT2D eigenvalue weighted by Gasteiger charge is -2.38. The molecule has 0 aliphatic carbocycles. The number of hydrogen-bond donors (Lipinski definition) is 0. The minimum Gasteiger partial charge on any atom is -0.340 e. The van der Waals surface area contributed by atoms with Crippen LogP contribution in [-0.2, 0) is 21.4 Å². The van der Waals surface area contributed by atoms with Crippen LogP contribution in [0.5, 0.6) is 0 Å². The minimum atomic E-state index is -3.56. The molecule has 174 valence electrons. The van der Waals surface area contributed by atoms with Gasteiger partial charge in [-0.2, -0.15) is 4.31 Å². The number of sulfonamides is 1. The molecule has 0 spiro atoms. The number of hydrogen-bond acceptors (Lipinski definition) is 5. The van der Waals surface area contributed by atoms with Crippen molar-refractivity contribution in [3.63, 3.8) is 0 Å². The monoisotopic (exact) mass is 483 g/mol. The maximum atomic E-state index is 13.2. The van der Waals surface area contributed by atoms with Gasteiger partial charge in [0.2, 0.25) is 15.9 Å². The molecule has 2 aliphatic rings. The predicted molar refractivity (Wildman–Crippen MR) is 132 cm³/mol. The number of thiophene rings is 1. The van der Waals surface area contributed by atoms with Crippen molar-refractivity contribution in [2.24, 2.45) is 5.92 Å². The molecule has 0 atom stereocenters. The van der Waals surface area contributed by atoms with Crippen LogP contribution in [0.15, 0.2) is 64.9 Å². The molecule has 8 heteroatoms. The largest absolute Gasteiger partial charge is 0.340 e. The molecule has 2 saturated heterocycles. The van der Waals surface area contributed by atoms with Crippen molar-refractivity contribution in [1.82, 2.24) is 14.1 Å². The maximum absolute atomic E-state index is 13.2. The van der Waals surface area contributed by atoms with Gasteiger partial charge < -0.3 is 4.90 Å². The van der Waals surface area contributed by atoms with E-state index in [0.29, 0.717) is 30.8 Å². The van der Waals surface area contributed by atoms with Crippen LogP contribution < -0.4 is 0 Å². The molecule has 1 aromatic heterocycles. The summed E-state index contributed by atoms with van der Waals surface area (Å²) in [6.07, 6.45) is 1.17. The molecular weight excluding hydrogens is 454 g/mol. The Balaban J connectivity index is 1.16. The SMILES string of the molecule is O=C(C1CCN(S(=O)(=O)c2ccc3ccccc3c2)CC1)N1CCN(Cc2cccs2)CC1. The Hall–Kier alpha value is -2.26. The zero-order valence-corrected chi connectivity index (χ0v) is 20.2. The number of carbonyl (C=O) groups excluding carboxylic acids is 1. The Kier molecular flexibility index (Phi) is 6.51. The molecule has 2 fully saturated rings. The lowest BCUT2D eigenvalue weighted by atomic mass is 9.96. The number of fused-ring (bicyclic) bond motifs is 1. The van der Waals surface area contributed by atoms with E-state index in [1.807, 2.05) is 35.2 Å². The third-order valence-corrected chi connectivity index (χ3v) is 9.56. The average Bonchev–Trinajstić information content (AvgIpc) is 3.37. The fourth-order valence-electron chi connectivity index (χ4n) is 4.83. The summed E-state index contributed by atoms with van der Waals surface area (Å²) in [5, 5.41) is 4.04. The van der Waals surface area contributed by atoms with Crippen molar-refractivity contribution in [2.75, 3.05) is 39.3 Å². The van der Waals surface area contributed by atoms with E-state index in [2.05, 4.69) is 22.4 Å². The number of rotatable bonds is 5. The summed E-state index contributed by atoms with van der Waals surface area (Å²) < 4.78 is 27.9. The Bertz CT molecular complexity index is 1210. The van der Waals surface area contributed by atoms with Crippen molar-refractivity contribution < 1.29 is 13.2 Å². The highest BCUT2D eigenvalue weighted by Crippen LogP contribution is 2.27. The number of amides is 1. The summed E-state index contributed by atoms with van der Waals surface area (Å²) in [5.41, 5.74) is 0. The first-order chi connectivity index (χ1) is 16.0. The van der Waals surface area contributed by atoms with Gasteiger partial charge in [0.1, 0.15) is 0 Å². The molecular formula is C25H29N3O3S2. The fraction of sp³-hybridized carbons (Fsp3) is 0.400. The van der Waals surface area contributed by atoms with Crippen LogP contribution in [0, 0.1) is 5.92 Å².